The molecule has 0 radical (unpaired) electrons. The number of hydrogen-bond donors (Lipinski definition) is 2. The molecule has 2 fully saturated rings. The van der Waals surface area contributed by atoms with Crippen LogP contribution in [0.3, 0.4) is 0 Å². The van der Waals surface area contributed by atoms with E-state index in [-0.39, 0.29) is 12.6 Å². The first kappa shape index (κ1) is 15.4. The highest BCUT2D eigenvalue weighted by molar-refractivity contribution is 7.99. The fraction of sp³-hybridized carbons (Fsp3) is 0.846. The average Bonchev–Trinajstić information content (AvgIpc) is 2.46. The molecular weight excluding hydrogens is 278 g/mol. The summed E-state index contributed by atoms with van der Waals surface area (Å²) < 4.78 is 0. The van der Waals surface area contributed by atoms with Crippen LogP contribution in [0.25, 0.3) is 0 Å². The number of carbonyl (C=O) groups is 2. The number of hydrogen-bond acceptors (Lipinski definition) is 4. The lowest BCUT2D eigenvalue weighted by atomic mass is 10.0. The van der Waals surface area contributed by atoms with E-state index in [1.807, 2.05) is 16.7 Å². The van der Waals surface area contributed by atoms with Crippen LogP contribution < -0.4 is 5.32 Å². The Kier molecular flexibility index (Phi) is 5.97. The number of nitrogens with one attached hydrogen (secondary N) is 1. The minimum Gasteiger partial charge on any atom is -0.480 e. The maximum absolute atomic E-state index is 12.0. The summed E-state index contributed by atoms with van der Waals surface area (Å²) in [6, 6.07) is -0.00167. The Morgan fingerprint density at radius 1 is 1.15 bits per heavy atom. The first-order chi connectivity index (χ1) is 9.65. The van der Waals surface area contributed by atoms with Gasteiger partial charge in [-0.05, 0) is 30.3 Å². The van der Waals surface area contributed by atoms with Gasteiger partial charge >= 0.3 is 12.0 Å². The summed E-state index contributed by atoms with van der Waals surface area (Å²) in [6.07, 6.45) is 2.38. The Morgan fingerprint density at radius 3 is 2.40 bits per heavy atom. The van der Waals surface area contributed by atoms with E-state index in [9.17, 15) is 9.59 Å². The smallest absolute Gasteiger partial charge is 0.317 e. The maximum atomic E-state index is 12.0. The van der Waals surface area contributed by atoms with E-state index in [4.69, 9.17) is 5.11 Å². The highest BCUT2D eigenvalue weighted by Gasteiger charge is 2.23. The third-order valence-corrected chi connectivity index (χ3v) is 4.95. The van der Waals surface area contributed by atoms with Gasteiger partial charge in [0.1, 0.15) is 0 Å². The van der Waals surface area contributed by atoms with Crippen molar-refractivity contribution in [3.63, 3.8) is 0 Å². The van der Waals surface area contributed by atoms with Gasteiger partial charge in [-0.25, -0.2) is 4.79 Å². The predicted octanol–water partition coefficient (Wildman–Crippen LogP) is 0.541. The average molecular weight is 301 g/mol. The third kappa shape index (κ3) is 4.86. The molecule has 0 unspecified atom stereocenters. The van der Waals surface area contributed by atoms with Gasteiger partial charge in [-0.3, -0.25) is 9.69 Å². The first-order valence-corrected chi connectivity index (χ1v) is 8.35. The third-order valence-electron chi connectivity index (χ3n) is 3.90. The van der Waals surface area contributed by atoms with Gasteiger partial charge in [0.05, 0.1) is 6.54 Å². The fourth-order valence-corrected chi connectivity index (χ4v) is 3.80. The van der Waals surface area contributed by atoms with Crippen LogP contribution >= 0.6 is 11.8 Å². The van der Waals surface area contributed by atoms with Crippen LogP contribution in [0.2, 0.25) is 0 Å². The molecule has 2 saturated heterocycles. The van der Waals surface area contributed by atoms with Gasteiger partial charge in [-0.2, -0.15) is 11.8 Å². The first-order valence-electron chi connectivity index (χ1n) is 7.20. The predicted molar refractivity (Wildman–Crippen MR) is 79.1 cm³/mol. The number of aliphatic carboxylic acids is 1. The van der Waals surface area contributed by atoms with Crippen LogP contribution in [0.4, 0.5) is 4.79 Å². The summed E-state index contributed by atoms with van der Waals surface area (Å²) in [5, 5.41) is 11.8. The topological polar surface area (TPSA) is 72.9 Å². The Morgan fingerprint density at radius 2 is 1.80 bits per heavy atom. The van der Waals surface area contributed by atoms with Crippen molar-refractivity contribution >= 4 is 23.8 Å². The van der Waals surface area contributed by atoms with Crippen molar-refractivity contribution < 1.29 is 14.7 Å². The molecule has 0 aromatic rings. The number of urea groups is 1. The molecule has 2 amide bonds. The largest absolute Gasteiger partial charge is 0.480 e. The minimum absolute atomic E-state index is 0.00167. The zero-order valence-electron chi connectivity index (χ0n) is 11.7. The molecule has 7 heteroatoms. The van der Waals surface area contributed by atoms with Gasteiger partial charge in [0.2, 0.25) is 0 Å². The molecule has 2 aliphatic rings. The Bertz CT molecular complexity index is 340. The van der Waals surface area contributed by atoms with Crippen molar-refractivity contribution in [2.75, 3.05) is 50.8 Å². The molecule has 0 aromatic heterocycles. The van der Waals surface area contributed by atoms with Gasteiger partial charge in [-0.15, -0.1) is 0 Å². The molecule has 2 heterocycles. The van der Waals surface area contributed by atoms with Crippen molar-refractivity contribution in [1.29, 1.82) is 0 Å². The maximum Gasteiger partial charge on any atom is 0.317 e. The lowest BCUT2D eigenvalue weighted by molar-refractivity contribution is -0.138. The molecule has 2 aliphatic heterocycles. The zero-order valence-corrected chi connectivity index (χ0v) is 12.5. The van der Waals surface area contributed by atoms with Gasteiger partial charge in [0.15, 0.2) is 0 Å². The second kappa shape index (κ2) is 7.73. The Labute approximate surface area is 123 Å². The normalized spacial score (nSPS) is 21.7. The van der Waals surface area contributed by atoms with E-state index in [0.29, 0.717) is 32.1 Å². The molecule has 6 nitrogen and oxygen atoms in total. The second-order valence-corrected chi connectivity index (χ2v) is 6.62. The van der Waals surface area contributed by atoms with E-state index in [1.165, 1.54) is 24.3 Å². The summed E-state index contributed by atoms with van der Waals surface area (Å²) in [4.78, 5) is 26.3. The summed E-state index contributed by atoms with van der Waals surface area (Å²) in [5.74, 6) is 2.22. The summed E-state index contributed by atoms with van der Waals surface area (Å²) >= 11 is 1.99. The van der Waals surface area contributed by atoms with Crippen LogP contribution in [-0.2, 0) is 4.79 Å². The van der Waals surface area contributed by atoms with E-state index in [2.05, 4.69) is 5.32 Å². The number of carbonyl (C=O) groups excluding carboxylic acids is 1. The van der Waals surface area contributed by atoms with Gasteiger partial charge in [-0.1, -0.05) is 0 Å². The second-order valence-electron chi connectivity index (χ2n) is 5.40. The molecule has 0 saturated carbocycles. The van der Waals surface area contributed by atoms with Crippen LogP contribution in [0.1, 0.15) is 12.8 Å². The minimum atomic E-state index is -0.807. The number of nitrogens with zero attached hydrogens (tertiary/aromatic N) is 2. The molecule has 2 rings (SSSR count). The van der Waals surface area contributed by atoms with Crippen molar-refractivity contribution in [2.24, 2.45) is 5.92 Å². The molecule has 0 aliphatic carbocycles. The highest BCUT2D eigenvalue weighted by Crippen LogP contribution is 2.21. The van der Waals surface area contributed by atoms with Crippen molar-refractivity contribution in [3.8, 4) is 0 Å². The Balaban J connectivity index is 1.65. The summed E-state index contributed by atoms with van der Waals surface area (Å²) in [5.41, 5.74) is 0. The molecule has 114 valence electrons. The molecular formula is C13H23N3O3S. The Hall–Kier alpha value is -0.950. The summed E-state index contributed by atoms with van der Waals surface area (Å²) in [6.45, 7) is 3.34. The van der Waals surface area contributed by atoms with Crippen LogP contribution in [0.15, 0.2) is 0 Å². The molecule has 0 atom stereocenters. The molecule has 20 heavy (non-hydrogen) atoms. The van der Waals surface area contributed by atoms with Crippen LogP contribution in [0.5, 0.6) is 0 Å². The van der Waals surface area contributed by atoms with E-state index >= 15 is 0 Å². The van der Waals surface area contributed by atoms with E-state index in [0.717, 1.165) is 6.54 Å². The van der Waals surface area contributed by atoms with E-state index < -0.39 is 5.97 Å². The number of rotatable bonds is 4. The quantitative estimate of drug-likeness (QED) is 0.793. The lowest BCUT2D eigenvalue weighted by Crippen LogP contribution is -2.53. The monoisotopic (exact) mass is 301 g/mol. The molecule has 2 N–H and O–H groups in total. The summed E-state index contributed by atoms with van der Waals surface area (Å²) in [7, 11) is 0. The SMILES string of the molecule is O=C(O)CN1CCN(C(=O)NCC2CCSCC2)CC1. The molecule has 0 bridgehead atoms. The van der Waals surface area contributed by atoms with Crippen LogP contribution in [0, 0.1) is 5.92 Å². The number of carboxylic acids is 1. The number of amides is 2. The zero-order chi connectivity index (χ0) is 14.4. The number of thioether (sulfide) groups is 1. The van der Waals surface area contributed by atoms with Gasteiger partial charge in [0, 0.05) is 32.7 Å². The molecule has 0 spiro atoms. The number of piperazine rings is 1. The standard InChI is InChI=1S/C13H23N3O3S/c17-12(18)10-15-3-5-16(6-4-15)13(19)14-9-11-1-7-20-8-2-11/h11H,1-10H2,(H,14,19)(H,17,18). The van der Waals surface area contributed by atoms with Gasteiger partial charge < -0.3 is 15.3 Å². The van der Waals surface area contributed by atoms with Crippen molar-refractivity contribution in [2.45, 2.75) is 12.8 Å². The van der Waals surface area contributed by atoms with E-state index in [1.54, 1.807) is 4.90 Å². The highest BCUT2D eigenvalue weighted by atomic mass is 32.2. The molecule has 0 aromatic carbocycles. The van der Waals surface area contributed by atoms with Crippen LogP contribution in [-0.4, -0.2) is 77.7 Å². The number of carboxylic acid groups (broad SMARTS) is 1. The lowest BCUT2D eigenvalue weighted by Gasteiger charge is -2.34. The fourth-order valence-electron chi connectivity index (χ4n) is 2.59. The van der Waals surface area contributed by atoms with Crippen molar-refractivity contribution in [3.05, 3.63) is 0 Å². The van der Waals surface area contributed by atoms with Gasteiger partial charge in [0.25, 0.3) is 0 Å². The van der Waals surface area contributed by atoms with Crippen molar-refractivity contribution in [1.82, 2.24) is 15.1 Å².